The third-order valence-electron chi connectivity index (χ3n) is 6.65. The summed E-state index contributed by atoms with van der Waals surface area (Å²) < 4.78 is 34.9. The Morgan fingerprint density at radius 2 is 1.33 bits per heavy atom. The number of fused-ring (bicyclic) bond motifs is 9. The minimum atomic E-state index is -0.906. The zero-order valence-electron chi connectivity index (χ0n) is 19.9. The predicted molar refractivity (Wildman–Crippen MR) is 125 cm³/mol. The predicted octanol–water partition coefficient (Wildman–Crippen LogP) is 7.84. The molecule has 5 aromatic rings. The largest absolute Gasteiger partial charge is 0.0843 e. The normalized spacial score (nSPS) is 19.5. The van der Waals surface area contributed by atoms with Crippen molar-refractivity contribution in [3.05, 3.63) is 130 Å². The van der Waals surface area contributed by atoms with Gasteiger partial charge < -0.3 is 0 Å². The standard InChI is InChI=1S/C29H17Cl/c30-19-15-16-22-20-9-1-3-12-24(20)29(27(22)17-19)25-13-4-2-10-21(25)23-11-5-7-18-8-6-14-26(29)28(18)23/h1-17H/i1D,3D,9D,12D. The summed E-state index contributed by atoms with van der Waals surface area (Å²) in [6.45, 7) is 0. The Kier molecular flexibility index (Phi) is 2.45. The number of rotatable bonds is 0. The van der Waals surface area contributed by atoms with Crippen molar-refractivity contribution in [2.75, 3.05) is 0 Å². The molecule has 1 heteroatoms. The van der Waals surface area contributed by atoms with E-state index in [1.165, 1.54) is 0 Å². The van der Waals surface area contributed by atoms with Crippen molar-refractivity contribution in [1.29, 1.82) is 0 Å². The van der Waals surface area contributed by atoms with Crippen LogP contribution in [0.1, 0.15) is 27.7 Å². The summed E-state index contributed by atoms with van der Waals surface area (Å²) in [5.41, 5.74) is 6.18. The Labute approximate surface area is 186 Å². The van der Waals surface area contributed by atoms with Crippen LogP contribution in [0.2, 0.25) is 5.02 Å². The van der Waals surface area contributed by atoms with Gasteiger partial charge in [-0.25, -0.2) is 0 Å². The van der Waals surface area contributed by atoms with Crippen LogP contribution in [0, 0.1) is 0 Å². The SMILES string of the molecule is [2H]c1c([2H])c([2H])c2c(c1[2H])-c1ccc(Cl)cc1C21c2ccccc2-c2cccc3cccc1c23. The summed E-state index contributed by atoms with van der Waals surface area (Å²) in [5, 5.41) is 2.78. The number of hydrogen-bond donors (Lipinski definition) is 0. The minimum absolute atomic E-state index is 0.00508. The third kappa shape index (κ3) is 1.79. The molecule has 0 aliphatic heterocycles. The fourth-order valence-electron chi connectivity index (χ4n) is 5.60. The van der Waals surface area contributed by atoms with Crippen molar-refractivity contribution in [3.63, 3.8) is 0 Å². The summed E-state index contributed by atoms with van der Waals surface area (Å²) in [4.78, 5) is 0. The molecule has 0 N–H and O–H groups in total. The maximum absolute atomic E-state index is 9.10. The minimum Gasteiger partial charge on any atom is -0.0843 e. The van der Waals surface area contributed by atoms with Crippen LogP contribution in [0.3, 0.4) is 0 Å². The lowest BCUT2D eigenvalue weighted by atomic mass is 9.61. The Morgan fingerprint density at radius 1 is 0.600 bits per heavy atom. The van der Waals surface area contributed by atoms with E-state index in [9.17, 15) is 0 Å². The number of hydrogen-bond acceptors (Lipinski definition) is 0. The van der Waals surface area contributed by atoms with Crippen LogP contribution in [0.5, 0.6) is 0 Å². The van der Waals surface area contributed by atoms with Gasteiger partial charge in [-0.1, -0.05) is 103 Å². The second-order valence-electron chi connectivity index (χ2n) is 7.94. The number of benzene rings is 5. The molecule has 2 aliphatic rings. The summed E-state index contributed by atoms with van der Waals surface area (Å²) in [6.07, 6.45) is 0. The number of halogens is 1. The molecule has 1 atom stereocenters. The fraction of sp³-hybridized carbons (Fsp3) is 0.0345. The summed E-state index contributed by atoms with van der Waals surface area (Å²) in [7, 11) is 0. The van der Waals surface area contributed by atoms with Crippen LogP contribution < -0.4 is 0 Å². The van der Waals surface area contributed by atoms with E-state index < -0.39 is 5.41 Å². The Bertz CT molecular complexity index is 1720. The molecule has 2 aliphatic carbocycles. The van der Waals surface area contributed by atoms with Crippen LogP contribution in [0.15, 0.2) is 103 Å². The van der Waals surface area contributed by atoms with E-state index in [1.807, 2.05) is 30.3 Å². The molecule has 0 fully saturated rings. The molecule has 0 aromatic heterocycles. The van der Waals surface area contributed by atoms with Gasteiger partial charge in [-0.3, -0.25) is 0 Å². The van der Waals surface area contributed by atoms with Crippen LogP contribution in [0.25, 0.3) is 33.0 Å². The highest BCUT2D eigenvalue weighted by Crippen LogP contribution is 2.61. The van der Waals surface area contributed by atoms with Gasteiger partial charge in [0.15, 0.2) is 0 Å². The molecule has 0 saturated carbocycles. The zero-order chi connectivity index (χ0) is 23.4. The lowest BCUT2D eigenvalue weighted by Gasteiger charge is -2.40. The van der Waals surface area contributed by atoms with Crippen molar-refractivity contribution in [2.45, 2.75) is 5.41 Å². The van der Waals surface area contributed by atoms with Gasteiger partial charge in [-0.05, 0) is 67.4 Å². The van der Waals surface area contributed by atoms with Crippen LogP contribution >= 0.6 is 11.6 Å². The molecule has 140 valence electrons. The van der Waals surface area contributed by atoms with E-state index in [1.54, 1.807) is 6.07 Å². The highest BCUT2D eigenvalue weighted by Gasteiger charge is 2.49. The maximum atomic E-state index is 9.10. The molecule has 0 bridgehead atoms. The molecule has 0 heterocycles. The summed E-state index contributed by atoms with van der Waals surface area (Å²) in [5.74, 6) is 0. The van der Waals surface area contributed by atoms with E-state index in [-0.39, 0.29) is 24.2 Å². The summed E-state index contributed by atoms with van der Waals surface area (Å²) in [6, 6.07) is 25.9. The van der Waals surface area contributed by atoms with E-state index in [0.29, 0.717) is 16.1 Å². The smallest absolute Gasteiger partial charge is 0.0726 e. The molecular formula is C29H17Cl. The quantitative estimate of drug-likeness (QED) is 0.241. The molecular weight excluding hydrogens is 384 g/mol. The van der Waals surface area contributed by atoms with Crippen LogP contribution in [0.4, 0.5) is 0 Å². The first-order chi connectivity index (χ1) is 16.5. The van der Waals surface area contributed by atoms with Crippen molar-refractivity contribution in [1.82, 2.24) is 0 Å². The average Bonchev–Trinajstić information content (AvgIpc) is 3.15. The molecule has 5 aromatic carbocycles. The van der Waals surface area contributed by atoms with E-state index in [4.69, 9.17) is 17.1 Å². The Hall–Kier alpha value is -3.35. The van der Waals surface area contributed by atoms with Gasteiger partial charge in [0.1, 0.15) is 0 Å². The summed E-state index contributed by atoms with van der Waals surface area (Å²) >= 11 is 6.57. The lowest BCUT2D eigenvalue weighted by Crippen LogP contribution is -2.31. The van der Waals surface area contributed by atoms with Gasteiger partial charge >= 0.3 is 0 Å². The molecule has 0 nitrogen and oxygen atoms in total. The Morgan fingerprint density at radius 3 is 2.27 bits per heavy atom. The van der Waals surface area contributed by atoms with Gasteiger partial charge in [0.05, 0.1) is 10.9 Å². The van der Waals surface area contributed by atoms with E-state index in [2.05, 4.69) is 42.5 Å². The fourth-order valence-corrected chi connectivity index (χ4v) is 5.77. The first-order valence-electron chi connectivity index (χ1n) is 12.0. The average molecular weight is 405 g/mol. The Balaban J connectivity index is 1.83. The molecule has 1 unspecified atom stereocenters. The van der Waals surface area contributed by atoms with E-state index in [0.717, 1.165) is 44.2 Å². The monoisotopic (exact) mass is 404 g/mol. The van der Waals surface area contributed by atoms with Crippen molar-refractivity contribution >= 4 is 22.4 Å². The second kappa shape index (κ2) is 5.62. The van der Waals surface area contributed by atoms with Gasteiger partial charge in [0, 0.05) is 5.02 Å². The first kappa shape index (κ1) is 13.1. The van der Waals surface area contributed by atoms with Crippen LogP contribution in [-0.2, 0) is 5.41 Å². The molecule has 30 heavy (non-hydrogen) atoms. The lowest BCUT2D eigenvalue weighted by molar-refractivity contribution is 0.773. The van der Waals surface area contributed by atoms with E-state index >= 15 is 0 Å². The second-order valence-corrected chi connectivity index (χ2v) is 8.38. The molecule has 7 rings (SSSR count). The van der Waals surface area contributed by atoms with Crippen LogP contribution in [-0.4, -0.2) is 0 Å². The van der Waals surface area contributed by atoms with Gasteiger partial charge in [-0.15, -0.1) is 0 Å². The van der Waals surface area contributed by atoms with Gasteiger partial charge in [0.25, 0.3) is 0 Å². The molecule has 0 saturated heterocycles. The van der Waals surface area contributed by atoms with Crippen molar-refractivity contribution in [3.8, 4) is 22.3 Å². The van der Waals surface area contributed by atoms with Crippen molar-refractivity contribution < 1.29 is 5.48 Å². The maximum Gasteiger partial charge on any atom is 0.0726 e. The van der Waals surface area contributed by atoms with Crippen molar-refractivity contribution in [2.24, 2.45) is 0 Å². The molecule has 0 amide bonds. The topological polar surface area (TPSA) is 0 Å². The third-order valence-corrected chi connectivity index (χ3v) is 6.88. The first-order valence-corrected chi connectivity index (χ1v) is 10.4. The van der Waals surface area contributed by atoms with Gasteiger partial charge in [0.2, 0.25) is 0 Å². The zero-order valence-corrected chi connectivity index (χ0v) is 16.6. The highest BCUT2D eigenvalue weighted by molar-refractivity contribution is 6.30. The van der Waals surface area contributed by atoms with Gasteiger partial charge in [-0.2, -0.15) is 0 Å². The molecule has 0 radical (unpaired) electrons. The molecule has 1 spiro atoms. The highest BCUT2D eigenvalue weighted by atomic mass is 35.5.